The molecule has 1 saturated heterocycles. The quantitative estimate of drug-likeness (QED) is 0.778. The van der Waals surface area contributed by atoms with Gasteiger partial charge >= 0.3 is 0 Å². The minimum absolute atomic E-state index is 0.209. The molecule has 1 heterocycles. The summed E-state index contributed by atoms with van der Waals surface area (Å²) >= 11 is 0. The molecule has 0 bridgehead atoms. The van der Waals surface area contributed by atoms with Crippen LogP contribution in [-0.4, -0.2) is 19.2 Å². The Kier molecular flexibility index (Phi) is 2.68. The molecular weight excluding hydrogens is 181 g/mol. The van der Waals surface area contributed by atoms with E-state index in [2.05, 4.69) is 5.32 Å². The van der Waals surface area contributed by atoms with Crippen LogP contribution in [0.25, 0.3) is 0 Å². The Morgan fingerprint density at radius 3 is 3.00 bits per heavy atom. The molecule has 1 fully saturated rings. The molecule has 0 aliphatic carbocycles. The maximum atomic E-state index is 12.8. The predicted molar refractivity (Wildman–Crippen MR) is 53.0 cm³/mol. The Hall–Kier alpha value is -1.09. The Labute approximate surface area is 83.1 Å². The van der Waals surface area contributed by atoms with Gasteiger partial charge in [-0.05, 0) is 43.7 Å². The average molecular weight is 195 g/mol. The normalized spacial score (nSPS) is 21.1. The molecule has 1 aromatic carbocycles. The molecule has 76 valence electrons. The number of rotatable bonds is 2. The number of halogens is 1. The lowest BCUT2D eigenvalue weighted by atomic mass is 10.2. The summed E-state index contributed by atoms with van der Waals surface area (Å²) in [7, 11) is 0. The Balaban J connectivity index is 2.08. The highest BCUT2D eigenvalue weighted by molar-refractivity contribution is 5.32. The Morgan fingerprint density at radius 1 is 1.50 bits per heavy atom. The molecule has 0 spiro atoms. The number of nitrogens with one attached hydrogen (secondary N) is 1. The lowest BCUT2D eigenvalue weighted by Gasteiger charge is -2.14. The zero-order valence-corrected chi connectivity index (χ0v) is 8.22. The van der Waals surface area contributed by atoms with E-state index in [1.807, 2.05) is 6.92 Å². The van der Waals surface area contributed by atoms with Crippen LogP contribution < -0.4 is 10.1 Å². The zero-order chi connectivity index (χ0) is 9.97. The van der Waals surface area contributed by atoms with Crippen LogP contribution in [0.2, 0.25) is 0 Å². The van der Waals surface area contributed by atoms with Gasteiger partial charge in [-0.3, -0.25) is 0 Å². The van der Waals surface area contributed by atoms with Crippen LogP contribution in [0.3, 0.4) is 0 Å². The van der Waals surface area contributed by atoms with Gasteiger partial charge in [0, 0.05) is 6.54 Å². The molecule has 3 heteroatoms. The van der Waals surface area contributed by atoms with Crippen LogP contribution in [0.15, 0.2) is 18.2 Å². The molecule has 1 N–H and O–H groups in total. The van der Waals surface area contributed by atoms with Gasteiger partial charge in [-0.15, -0.1) is 0 Å². The molecule has 0 saturated carbocycles. The zero-order valence-electron chi connectivity index (χ0n) is 8.22. The van der Waals surface area contributed by atoms with Crippen molar-refractivity contribution in [3.05, 3.63) is 29.6 Å². The number of hydrogen-bond acceptors (Lipinski definition) is 2. The van der Waals surface area contributed by atoms with Crippen LogP contribution in [-0.2, 0) is 0 Å². The molecule has 1 aliphatic rings. The van der Waals surface area contributed by atoms with Crippen molar-refractivity contribution in [3.8, 4) is 5.75 Å². The fourth-order valence-electron chi connectivity index (χ4n) is 1.65. The van der Waals surface area contributed by atoms with Crippen molar-refractivity contribution in [3.63, 3.8) is 0 Å². The van der Waals surface area contributed by atoms with Gasteiger partial charge in [0.1, 0.15) is 17.7 Å². The molecule has 2 rings (SSSR count). The van der Waals surface area contributed by atoms with Crippen molar-refractivity contribution in [1.29, 1.82) is 0 Å². The van der Waals surface area contributed by atoms with Crippen molar-refractivity contribution < 1.29 is 9.13 Å². The summed E-state index contributed by atoms with van der Waals surface area (Å²) in [5, 5.41) is 3.22. The Morgan fingerprint density at radius 2 is 2.36 bits per heavy atom. The predicted octanol–water partition coefficient (Wildman–Crippen LogP) is 1.87. The molecule has 1 atom stereocenters. The van der Waals surface area contributed by atoms with Gasteiger partial charge in [-0.25, -0.2) is 4.39 Å². The van der Waals surface area contributed by atoms with Crippen LogP contribution in [0, 0.1) is 12.7 Å². The van der Waals surface area contributed by atoms with E-state index < -0.39 is 0 Å². The second-order valence-corrected chi connectivity index (χ2v) is 3.64. The van der Waals surface area contributed by atoms with Crippen molar-refractivity contribution in [1.82, 2.24) is 5.32 Å². The van der Waals surface area contributed by atoms with Gasteiger partial charge in [-0.1, -0.05) is 0 Å². The lowest BCUT2D eigenvalue weighted by Crippen LogP contribution is -2.19. The first-order chi connectivity index (χ1) is 6.75. The van der Waals surface area contributed by atoms with E-state index in [0.717, 1.165) is 30.8 Å². The van der Waals surface area contributed by atoms with Gasteiger partial charge in [0.15, 0.2) is 0 Å². The molecular formula is C11H14FNO. The first-order valence-corrected chi connectivity index (χ1v) is 4.89. The maximum absolute atomic E-state index is 12.8. The summed E-state index contributed by atoms with van der Waals surface area (Å²) in [6, 6.07) is 4.63. The molecule has 0 aromatic heterocycles. The minimum Gasteiger partial charge on any atom is -0.489 e. The lowest BCUT2D eigenvalue weighted by molar-refractivity contribution is 0.221. The summed E-state index contributed by atoms with van der Waals surface area (Å²) in [5.41, 5.74) is 0.858. The van der Waals surface area contributed by atoms with E-state index in [-0.39, 0.29) is 11.9 Å². The van der Waals surface area contributed by atoms with Crippen molar-refractivity contribution >= 4 is 0 Å². The average Bonchev–Trinajstić information content (AvgIpc) is 2.62. The number of ether oxygens (including phenoxy) is 1. The molecule has 2 nitrogen and oxygen atoms in total. The fourth-order valence-corrected chi connectivity index (χ4v) is 1.65. The largest absolute Gasteiger partial charge is 0.489 e. The van der Waals surface area contributed by atoms with E-state index in [9.17, 15) is 4.39 Å². The highest BCUT2D eigenvalue weighted by Gasteiger charge is 2.16. The third kappa shape index (κ3) is 2.04. The summed E-state index contributed by atoms with van der Waals surface area (Å²) < 4.78 is 18.5. The van der Waals surface area contributed by atoms with Crippen molar-refractivity contribution in [2.75, 3.05) is 13.1 Å². The van der Waals surface area contributed by atoms with Crippen LogP contribution in [0.5, 0.6) is 5.75 Å². The third-order valence-electron chi connectivity index (χ3n) is 2.45. The van der Waals surface area contributed by atoms with Crippen molar-refractivity contribution in [2.24, 2.45) is 0 Å². The number of aryl methyl sites for hydroxylation is 1. The van der Waals surface area contributed by atoms with E-state index >= 15 is 0 Å². The minimum atomic E-state index is -0.209. The van der Waals surface area contributed by atoms with E-state index in [4.69, 9.17) is 4.74 Å². The second-order valence-electron chi connectivity index (χ2n) is 3.64. The summed E-state index contributed by atoms with van der Waals surface area (Å²) in [5.74, 6) is 0.583. The van der Waals surface area contributed by atoms with E-state index in [1.165, 1.54) is 12.1 Å². The number of hydrogen-bond donors (Lipinski definition) is 1. The van der Waals surface area contributed by atoms with E-state index in [1.54, 1.807) is 6.07 Å². The molecule has 14 heavy (non-hydrogen) atoms. The topological polar surface area (TPSA) is 21.3 Å². The first-order valence-electron chi connectivity index (χ1n) is 4.89. The van der Waals surface area contributed by atoms with Gasteiger partial charge in [0.2, 0.25) is 0 Å². The van der Waals surface area contributed by atoms with Crippen LogP contribution >= 0.6 is 0 Å². The smallest absolute Gasteiger partial charge is 0.123 e. The first kappa shape index (κ1) is 9.46. The van der Waals surface area contributed by atoms with Gasteiger partial charge in [0.25, 0.3) is 0 Å². The summed E-state index contributed by atoms with van der Waals surface area (Å²) in [6.07, 6.45) is 1.26. The standard InChI is InChI=1S/C11H14FNO/c1-8-6-9(12)2-3-11(8)14-10-4-5-13-7-10/h2-3,6,10,13H,4-5,7H2,1H3. The Bertz CT molecular complexity index is 321. The monoisotopic (exact) mass is 195 g/mol. The van der Waals surface area contributed by atoms with Gasteiger partial charge in [-0.2, -0.15) is 0 Å². The highest BCUT2D eigenvalue weighted by atomic mass is 19.1. The second kappa shape index (κ2) is 3.96. The molecule has 1 unspecified atom stereocenters. The summed E-state index contributed by atoms with van der Waals surface area (Å²) in [4.78, 5) is 0. The molecule has 1 aromatic rings. The highest BCUT2D eigenvalue weighted by Crippen LogP contribution is 2.21. The SMILES string of the molecule is Cc1cc(F)ccc1OC1CCNC1. The molecule has 0 amide bonds. The van der Waals surface area contributed by atoms with Crippen LogP contribution in [0.1, 0.15) is 12.0 Å². The van der Waals surface area contributed by atoms with Gasteiger partial charge in [0.05, 0.1) is 0 Å². The molecule has 0 radical (unpaired) electrons. The molecule has 1 aliphatic heterocycles. The third-order valence-corrected chi connectivity index (χ3v) is 2.45. The summed E-state index contributed by atoms with van der Waals surface area (Å²) in [6.45, 7) is 3.75. The van der Waals surface area contributed by atoms with E-state index in [0.29, 0.717) is 0 Å². The maximum Gasteiger partial charge on any atom is 0.123 e. The van der Waals surface area contributed by atoms with Crippen molar-refractivity contribution in [2.45, 2.75) is 19.4 Å². The van der Waals surface area contributed by atoms with Gasteiger partial charge < -0.3 is 10.1 Å². The van der Waals surface area contributed by atoms with Crippen LogP contribution in [0.4, 0.5) is 4.39 Å². The fraction of sp³-hybridized carbons (Fsp3) is 0.455. The number of benzene rings is 1.